The Bertz CT molecular complexity index is 837. The molecule has 0 bridgehead atoms. The van der Waals surface area contributed by atoms with Crippen molar-refractivity contribution in [1.29, 1.82) is 0 Å². The largest absolute Gasteiger partial charge is 0.507 e. The molecule has 2 N–H and O–H groups in total. The van der Waals surface area contributed by atoms with Crippen LogP contribution in [0.2, 0.25) is 0 Å². The lowest BCUT2D eigenvalue weighted by atomic mass is 9.76. The number of nitrogens with zero attached hydrogens (tertiary/aromatic N) is 1. The van der Waals surface area contributed by atoms with Crippen LogP contribution < -0.4 is 5.32 Å². The number of nitrogens with one attached hydrogen (secondary N) is 1. The number of rotatable bonds is 1. The van der Waals surface area contributed by atoms with Crippen LogP contribution in [0.25, 0.3) is 0 Å². The standard InChI is InChI=1S/C23H32N2O2S/c1-22(2,3)14-11-13(12-15(20(14)27)23(4,5)6)19-18-16(9-8-10-17(18)26)25(7)21(28)24-19/h11-12,19,27H,8-10H2,1-7H3,(H,24,28). The van der Waals surface area contributed by atoms with Crippen LogP contribution in [0.4, 0.5) is 0 Å². The molecule has 5 heteroatoms. The minimum Gasteiger partial charge on any atom is -0.507 e. The molecule has 28 heavy (non-hydrogen) atoms. The molecular formula is C23H32N2O2S. The zero-order valence-corrected chi connectivity index (χ0v) is 18.9. The number of aromatic hydroxyl groups is 1. The molecule has 1 aromatic carbocycles. The van der Waals surface area contributed by atoms with E-state index in [1.807, 2.05) is 24.1 Å². The monoisotopic (exact) mass is 400 g/mol. The summed E-state index contributed by atoms with van der Waals surface area (Å²) in [5.74, 6) is 0.541. The molecule has 2 aliphatic rings. The molecule has 0 aromatic heterocycles. The van der Waals surface area contributed by atoms with E-state index in [0.717, 1.165) is 40.8 Å². The van der Waals surface area contributed by atoms with Crippen molar-refractivity contribution in [2.75, 3.05) is 7.05 Å². The molecule has 0 saturated carbocycles. The number of carbonyl (C=O) groups excluding carboxylic acids is 1. The third-order valence-electron chi connectivity index (χ3n) is 5.78. The van der Waals surface area contributed by atoms with Crippen molar-refractivity contribution in [2.24, 2.45) is 0 Å². The average molecular weight is 401 g/mol. The minimum atomic E-state index is -0.269. The lowest BCUT2D eigenvalue weighted by Gasteiger charge is -2.40. The molecular weight excluding hydrogens is 368 g/mol. The van der Waals surface area contributed by atoms with Crippen LogP contribution in [0.5, 0.6) is 5.75 Å². The number of phenols is 1. The maximum absolute atomic E-state index is 12.9. The summed E-state index contributed by atoms with van der Waals surface area (Å²) in [7, 11) is 1.93. The van der Waals surface area contributed by atoms with Crippen LogP contribution in [0.15, 0.2) is 23.4 Å². The Morgan fingerprint density at radius 3 is 2.11 bits per heavy atom. The highest BCUT2D eigenvalue weighted by molar-refractivity contribution is 7.80. The van der Waals surface area contributed by atoms with Crippen molar-refractivity contribution in [2.45, 2.75) is 77.7 Å². The van der Waals surface area contributed by atoms with Gasteiger partial charge >= 0.3 is 0 Å². The Labute approximate surface area is 174 Å². The maximum atomic E-state index is 12.9. The maximum Gasteiger partial charge on any atom is 0.173 e. The quantitative estimate of drug-likeness (QED) is 0.660. The highest BCUT2D eigenvalue weighted by atomic mass is 32.1. The Morgan fingerprint density at radius 1 is 1.07 bits per heavy atom. The van der Waals surface area contributed by atoms with E-state index in [1.165, 1.54) is 0 Å². The van der Waals surface area contributed by atoms with Crippen molar-refractivity contribution in [1.82, 2.24) is 10.2 Å². The third-order valence-corrected chi connectivity index (χ3v) is 6.17. The lowest BCUT2D eigenvalue weighted by molar-refractivity contribution is -0.116. The summed E-state index contributed by atoms with van der Waals surface area (Å²) in [6, 6.07) is 3.82. The number of allylic oxidation sites excluding steroid dienone is 1. The third kappa shape index (κ3) is 3.57. The smallest absolute Gasteiger partial charge is 0.173 e. The van der Waals surface area contributed by atoms with Crippen LogP contribution in [0, 0.1) is 0 Å². The van der Waals surface area contributed by atoms with Crippen molar-refractivity contribution in [3.05, 3.63) is 40.1 Å². The molecule has 4 nitrogen and oxygen atoms in total. The average Bonchev–Trinajstić information content (AvgIpc) is 2.56. The van der Waals surface area contributed by atoms with Crippen molar-refractivity contribution in [3.8, 4) is 5.75 Å². The molecule has 3 rings (SSSR count). The first-order valence-corrected chi connectivity index (χ1v) is 10.4. The van der Waals surface area contributed by atoms with Gasteiger partial charge in [-0.15, -0.1) is 0 Å². The van der Waals surface area contributed by atoms with Gasteiger partial charge in [0.05, 0.1) is 6.04 Å². The van der Waals surface area contributed by atoms with Gasteiger partial charge in [-0.25, -0.2) is 0 Å². The normalized spacial score (nSPS) is 21.0. The number of thiocarbonyl (C=S) groups is 1. The molecule has 1 atom stereocenters. The molecule has 0 spiro atoms. The zero-order valence-electron chi connectivity index (χ0n) is 18.1. The van der Waals surface area contributed by atoms with E-state index in [0.29, 0.717) is 17.3 Å². The summed E-state index contributed by atoms with van der Waals surface area (Å²) in [6.45, 7) is 12.6. The van der Waals surface area contributed by atoms with Gasteiger partial charge in [0.1, 0.15) is 5.75 Å². The predicted octanol–water partition coefficient (Wildman–Crippen LogP) is 4.86. The Kier molecular flexibility index (Phi) is 5.11. The van der Waals surface area contributed by atoms with Gasteiger partial charge < -0.3 is 15.3 Å². The van der Waals surface area contributed by atoms with E-state index < -0.39 is 0 Å². The molecule has 1 heterocycles. The van der Waals surface area contributed by atoms with Gasteiger partial charge in [0, 0.05) is 24.7 Å². The Balaban J connectivity index is 2.26. The highest BCUT2D eigenvalue weighted by Crippen LogP contribution is 2.43. The Hall–Kier alpha value is -1.88. The lowest BCUT2D eigenvalue weighted by Crippen LogP contribution is -2.47. The molecule has 1 unspecified atom stereocenters. The second-order valence-corrected chi connectivity index (χ2v) is 10.4. The number of hydrogen-bond acceptors (Lipinski definition) is 3. The van der Waals surface area contributed by atoms with E-state index in [9.17, 15) is 9.90 Å². The van der Waals surface area contributed by atoms with E-state index in [2.05, 4.69) is 46.9 Å². The summed E-state index contributed by atoms with van der Waals surface area (Å²) in [5.41, 5.74) is 4.20. The van der Waals surface area contributed by atoms with Gasteiger partial charge in [0.15, 0.2) is 10.9 Å². The molecule has 0 radical (unpaired) electrons. The second-order valence-electron chi connectivity index (χ2n) is 10.0. The van der Waals surface area contributed by atoms with E-state index in [-0.39, 0.29) is 22.7 Å². The van der Waals surface area contributed by atoms with Gasteiger partial charge in [0.2, 0.25) is 0 Å². The first-order chi connectivity index (χ1) is 12.8. The van der Waals surface area contributed by atoms with Gasteiger partial charge in [-0.2, -0.15) is 0 Å². The number of ketones is 1. The molecule has 0 fully saturated rings. The fourth-order valence-corrected chi connectivity index (χ4v) is 4.38. The fraction of sp³-hybridized carbons (Fsp3) is 0.565. The van der Waals surface area contributed by atoms with E-state index in [1.54, 1.807) is 0 Å². The number of phenolic OH excluding ortho intramolecular Hbond substituents is 1. The first kappa shape index (κ1) is 20.8. The van der Waals surface area contributed by atoms with Crippen LogP contribution >= 0.6 is 12.2 Å². The van der Waals surface area contributed by atoms with Gasteiger partial charge in [-0.1, -0.05) is 41.5 Å². The molecule has 1 aliphatic carbocycles. The molecule has 0 saturated heterocycles. The Morgan fingerprint density at radius 2 is 1.61 bits per heavy atom. The van der Waals surface area contributed by atoms with Crippen LogP contribution in [0.3, 0.4) is 0 Å². The SMILES string of the molecule is CN1C(=S)NC(c2cc(C(C)(C)C)c(O)c(C(C)(C)C)c2)C2=C1CCCC2=O. The topological polar surface area (TPSA) is 52.6 Å². The molecule has 1 aliphatic heterocycles. The number of Topliss-reactive ketones (excluding diaryl/α,β-unsaturated/α-hetero) is 1. The minimum absolute atomic E-state index is 0.191. The van der Waals surface area contributed by atoms with Crippen LogP contribution in [-0.4, -0.2) is 27.9 Å². The summed E-state index contributed by atoms with van der Waals surface area (Å²) in [4.78, 5) is 14.8. The van der Waals surface area contributed by atoms with Crippen molar-refractivity contribution in [3.63, 3.8) is 0 Å². The number of hydrogen-bond donors (Lipinski definition) is 2. The number of carbonyl (C=O) groups is 1. The molecule has 1 aromatic rings. The summed E-state index contributed by atoms with van der Waals surface area (Å²) in [6.07, 6.45) is 2.31. The number of benzene rings is 1. The fourth-order valence-electron chi connectivity index (χ4n) is 4.15. The van der Waals surface area contributed by atoms with Gasteiger partial charge in [0.25, 0.3) is 0 Å². The van der Waals surface area contributed by atoms with Crippen LogP contribution in [0.1, 0.15) is 83.5 Å². The molecule has 152 valence electrons. The van der Waals surface area contributed by atoms with Crippen molar-refractivity contribution < 1.29 is 9.90 Å². The summed E-state index contributed by atoms with van der Waals surface area (Å²) >= 11 is 5.57. The summed E-state index contributed by atoms with van der Waals surface area (Å²) in [5, 5.41) is 15.1. The van der Waals surface area contributed by atoms with Crippen LogP contribution in [-0.2, 0) is 15.6 Å². The predicted molar refractivity (Wildman–Crippen MR) is 118 cm³/mol. The van der Waals surface area contributed by atoms with E-state index in [4.69, 9.17) is 12.2 Å². The van der Waals surface area contributed by atoms with Crippen molar-refractivity contribution >= 4 is 23.1 Å². The summed E-state index contributed by atoms with van der Waals surface area (Å²) < 4.78 is 0. The van der Waals surface area contributed by atoms with Gasteiger partial charge in [-0.3, -0.25) is 4.79 Å². The molecule has 0 amide bonds. The second kappa shape index (κ2) is 6.87. The first-order valence-electron chi connectivity index (χ1n) is 10.0. The van der Waals surface area contributed by atoms with E-state index >= 15 is 0 Å². The van der Waals surface area contributed by atoms with Gasteiger partial charge in [-0.05, 0) is 64.7 Å². The zero-order chi connectivity index (χ0) is 21.0. The highest BCUT2D eigenvalue weighted by Gasteiger charge is 2.37.